The number of rotatable bonds is 5. The summed E-state index contributed by atoms with van der Waals surface area (Å²) < 4.78 is 11.1. The number of hydrogen-bond donors (Lipinski definition) is 1. The van der Waals surface area contributed by atoms with Crippen molar-refractivity contribution in [3.8, 4) is 17.8 Å². The van der Waals surface area contributed by atoms with E-state index in [1.807, 2.05) is 33.8 Å². The molecule has 6 heteroatoms. The SMILES string of the molecule is CCOc1nc(NC)nc(Oc2cc(C)cc(C)c2C)n1. The normalized spacial score (nSPS) is 10.3. The van der Waals surface area contributed by atoms with Crippen LogP contribution in [0.5, 0.6) is 17.8 Å². The van der Waals surface area contributed by atoms with Crippen molar-refractivity contribution in [2.45, 2.75) is 27.7 Å². The van der Waals surface area contributed by atoms with Gasteiger partial charge < -0.3 is 14.8 Å². The van der Waals surface area contributed by atoms with Gasteiger partial charge >= 0.3 is 12.0 Å². The van der Waals surface area contributed by atoms with Crippen molar-refractivity contribution in [1.29, 1.82) is 0 Å². The molecular formula is C15H20N4O2. The molecule has 0 saturated heterocycles. The second-order valence-corrected chi connectivity index (χ2v) is 4.71. The molecule has 1 aromatic carbocycles. The topological polar surface area (TPSA) is 69.2 Å². The molecule has 21 heavy (non-hydrogen) atoms. The second-order valence-electron chi connectivity index (χ2n) is 4.71. The third kappa shape index (κ3) is 3.59. The van der Waals surface area contributed by atoms with Crippen LogP contribution in [0.2, 0.25) is 0 Å². The summed E-state index contributed by atoms with van der Waals surface area (Å²) >= 11 is 0. The van der Waals surface area contributed by atoms with Gasteiger partial charge in [-0.1, -0.05) is 6.07 Å². The van der Waals surface area contributed by atoms with Gasteiger partial charge in [0.2, 0.25) is 5.95 Å². The molecule has 0 radical (unpaired) electrons. The monoisotopic (exact) mass is 288 g/mol. The molecular weight excluding hydrogens is 268 g/mol. The van der Waals surface area contributed by atoms with Crippen LogP contribution in [0.15, 0.2) is 12.1 Å². The van der Waals surface area contributed by atoms with Crippen molar-refractivity contribution in [3.63, 3.8) is 0 Å². The van der Waals surface area contributed by atoms with E-state index >= 15 is 0 Å². The lowest BCUT2D eigenvalue weighted by Crippen LogP contribution is -2.05. The Labute approximate surface area is 124 Å². The molecule has 1 heterocycles. The molecule has 0 spiro atoms. The second kappa shape index (κ2) is 6.39. The summed E-state index contributed by atoms with van der Waals surface area (Å²) in [5, 5.41) is 2.87. The molecule has 0 bridgehead atoms. The first-order valence-electron chi connectivity index (χ1n) is 6.85. The van der Waals surface area contributed by atoms with Gasteiger partial charge in [0.25, 0.3) is 0 Å². The maximum absolute atomic E-state index is 5.82. The van der Waals surface area contributed by atoms with Crippen molar-refractivity contribution >= 4 is 5.95 Å². The largest absolute Gasteiger partial charge is 0.464 e. The summed E-state index contributed by atoms with van der Waals surface area (Å²) in [5.74, 6) is 1.15. The summed E-state index contributed by atoms with van der Waals surface area (Å²) in [6.07, 6.45) is 0. The summed E-state index contributed by atoms with van der Waals surface area (Å²) in [6.45, 7) is 8.44. The number of nitrogens with zero attached hydrogens (tertiary/aromatic N) is 3. The van der Waals surface area contributed by atoms with Crippen LogP contribution in [-0.4, -0.2) is 28.6 Å². The molecule has 0 unspecified atom stereocenters. The van der Waals surface area contributed by atoms with E-state index < -0.39 is 0 Å². The highest BCUT2D eigenvalue weighted by atomic mass is 16.5. The molecule has 0 saturated carbocycles. The van der Waals surface area contributed by atoms with Crippen LogP contribution < -0.4 is 14.8 Å². The molecule has 6 nitrogen and oxygen atoms in total. The fraction of sp³-hybridized carbons (Fsp3) is 0.400. The zero-order valence-corrected chi connectivity index (χ0v) is 13.0. The van der Waals surface area contributed by atoms with Crippen molar-refractivity contribution < 1.29 is 9.47 Å². The van der Waals surface area contributed by atoms with Crippen LogP contribution in [-0.2, 0) is 0 Å². The van der Waals surface area contributed by atoms with Gasteiger partial charge in [0.05, 0.1) is 6.61 Å². The van der Waals surface area contributed by atoms with E-state index in [1.54, 1.807) is 7.05 Å². The fourth-order valence-electron chi connectivity index (χ4n) is 1.89. The molecule has 1 aromatic heterocycles. The van der Waals surface area contributed by atoms with E-state index in [0.29, 0.717) is 12.6 Å². The molecule has 112 valence electrons. The van der Waals surface area contributed by atoms with Crippen LogP contribution in [0.1, 0.15) is 23.6 Å². The number of hydrogen-bond acceptors (Lipinski definition) is 6. The number of anilines is 1. The minimum atomic E-state index is 0.214. The number of ether oxygens (including phenoxy) is 2. The predicted molar refractivity (Wildman–Crippen MR) is 81.3 cm³/mol. The van der Waals surface area contributed by atoms with Gasteiger partial charge in [-0.3, -0.25) is 0 Å². The van der Waals surface area contributed by atoms with Crippen molar-refractivity contribution in [3.05, 3.63) is 28.8 Å². The Bertz CT molecular complexity index is 644. The standard InChI is InChI=1S/C15H20N4O2/c1-6-20-14-17-13(16-5)18-15(19-14)21-12-8-9(2)7-10(3)11(12)4/h7-8H,6H2,1-5H3,(H,16,17,18,19). The van der Waals surface area contributed by atoms with Crippen molar-refractivity contribution in [1.82, 2.24) is 15.0 Å². The number of aryl methyl sites for hydroxylation is 2. The van der Waals surface area contributed by atoms with Crippen LogP contribution in [0.3, 0.4) is 0 Å². The predicted octanol–water partition coefficient (Wildman–Crippen LogP) is 3.03. The first kappa shape index (κ1) is 15.0. The average Bonchev–Trinajstić information content (AvgIpc) is 2.44. The fourth-order valence-corrected chi connectivity index (χ4v) is 1.89. The Balaban J connectivity index is 2.37. The zero-order valence-electron chi connectivity index (χ0n) is 13.0. The Morgan fingerprint density at radius 1 is 1.05 bits per heavy atom. The van der Waals surface area contributed by atoms with Gasteiger partial charge in [-0.2, -0.15) is 9.97 Å². The molecule has 2 rings (SSSR count). The third-order valence-corrected chi connectivity index (χ3v) is 3.06. The number of benzene rings is 1. The average molecular weight is 288 g/mol. The Kier molecular flexibility index (Phi) is 4.57. The highest BCUT2D eigenvalue weighted by molar-refractivity contribution is 5.43. The van der Waals surface area contributed by atoms with E-state index in [-0.39, 0.29) is 12.0 Å². The van der Waals surface area contributed by atoms with Gasteiger partial charge in [0.1, 0.15) is 5.75 Å². The van der Waals surface area contributed by atoms with E-state index in [1.165, 1.54) is 0 Å². The molecule has 0 amide bonds. The van der Waals surface area contributed by atoms with E-state index in [0.717, 1.165) is 22.4 Å². The minimum Gasteiger partial charge on any atom is -0.464 e. The zero-order chi connectivity index (χ0) is 15.4. The summed E-state index contributed by atoms with van der Waals surface area (Å²) in [4.78, 5) is 12.5. The first-order valence-corrected chi connectivity index (χ1v) is 6.85. The smallest absolute Gasteiger partial charge is 0.330 e. The maximum atomic E-state index is 5.82. The van der Waals surface area contributed by atoms with Gasteiger partial charge in [-0.05, 0) is 50.5 Å². The molecule has 0 fully saturated rings. The van der Waals surface area contributed by atoms with Gasteiger partial charge in [0, 0.05) is 7.05 Å². The maximum Gasteiger partial charge on any atom is 0.330 e. The lowest BCUT2D eigenvalue weighted by atomic mass is 10.1. The Morgan fingerprint density at radius 3 is 2.43 bits per heavy atom. The van der Waals surface area contributed by atoms with Crippen molar-refractivity contribution in [2.24, 2.45) is 0 Å². The summed E-state index contributed by atoms with van der Waals surface area (Å²) in [7, 11) is 1.73. The molecule has 0 aliphatic rings. The van der Waals surface area contributed by atoms with Crippen molar-refractivity contribution in [2.75, 3.05) is 19.0 Å². The first-order chi connectivity index (χ1) is 10.0. The highest BCUT2D eigenvalue weighted by Crippen LogP contribution is 2.27. The van der Waals surface area contributed by atoms with Gasteiger partial charge in [-0.25, -0.2) is 0 Å². The minimum absolute atomic E-state index is 0.214. The Hall–Kier alpha value is -2.37. The van der Waals surface area contributed by atoms with Crippen LogP contribution in [0.25, 0.3) is 0 Å². The van der Waals surface area contributed by atoms with E-state index in [4.69, 9.17) is 9.47 Å². The van der Waals surface area contributed by atoms with Crippen LogP contribution >= 0.6 is 0 Å². The molecule has 0 aliphatic heterocycles. The summed E-state index contributed by atoms with van der Waals surface area (Å²) in [6, 6.07) is 4.53. The molecule has 2 aromatic rings. The van der Waals surface area contributed by atoms with Gasteiger partial charge in [0.15, 0.2) is 0 Å². The Morgan fingerprint density at radius 2 is 1.76 bits per heavy atom. The third-order valence-electron chi connectivity index (χ3n) is 3.06. The quantitative estimate of drug-likeness (QED) is 0.912. The van der Waals surface area contributed by atoms with E-state index in [9.17, 15) is 0 Å². The number of nitrogens with one attached hydrogen (secondary N) is 1. The van der Waals surface area contributed by atoms with Gasteiger partial charge in [-0.15, -0.1) is 4.98 Å². The number of aromatic nitrogens is 3. The molecule has 0 aliphatic carbocycles. The molecule has 1 N–H and O–H groups in total. The van der Waals surface area contributed by atoms with Crippen LogP contribution in [0, 0.1) is 20.8 Å². The van der Waals surface area contributed by atoms with E-state index in [2.05, 4.69) is 26.3 Å². The highest BCUT2D eigenvalue weighted by Gasteiger charge is 2.11. The molecule has 0 atom stereocenters. The van der Waals surface area contributed by atoms with Crippen LogP contribution in [0.4, 0.5) is 5.95 Å². The lowest BCUT2D eigenvalue weighted by Gasteiger charge is -2.12. The lowest BCUT2D eigenvalue weighted by molar-refractivity contribution is 0.303. The summed E-state index contributed by atoms with van der Waals surface area (Å²) in [5.41, 5.74) is 3.35.